The zero-order chi connectivity index (χ0) is 13.7. The summed E-state index contributed by atoms with van der Waals surface area (Å²) in [6, 6.07) is 7.27. The van der Waals surface area contributed by atoms with Gasteiger partial charge in [0, 0.05) is 5.56 Å². The highest BCUT2D eigenvalue weighted by molar-refractivity contribution is 6.43. The lowest BCUT2D eigenvalue weighted by Crippen LogP contribution is -2.21. The molecule has 0 fully saturated rings. The molecule has 94 valence electrons. The van der Waals surface area contributed by atoms with Crippen LogP contribution in [0.2, 0.25) is 10.0 Å². The van der Waals surface area contributed by atoms with E-state index in [2.05, 4.69) is 0 Å². The van der Waals surface area contributed by atoms with Gasteiger partial charge < -0.3 is 5.11 Å². The van der Waals surface area contributed by atoms with E-state index in [1.54, 1.807) is 0 Å². The van der Waals surface area contributed by atoms with Crippen LogP contribution in [0.4, 0.5) is 0 Å². The lowest BCUT2D eigenvalue weighted by molar-refractivity contribution is 0.0977. The maximum absolute atomic E-state index is 12.4. The molecule has 1 aliphatic carbocycles. The Morgan fingerprint density at radius 3 is 2.00 bits per heavy atom. The third-order valence-electron chi connectivity index (χ3n) is 3.07. The van der Waals surface area contributed by atoms with Crippen molar-refractivity contribution in [3.8, 4) is 5.75 Å². The number of halogens is 2. The second kappa shape index (κ2) is 4.08. The Kier molecular flexibility index (Phi) is 2.62. The normalized spacial score (nSPS) is 13.2. The van der Waals surface area contributed by atoms with Crippen molar-refractivity contribution in [1.29, 1.82) is 0 Å². The van der Waals surface area contributed by atoms with Crippen LogP contribution in [0.3, 0.4) is 0 Å². The highest BCUT2D eigenvalue weighted by Gasteiger charge is 2.34. The molecule has 3 rings (SSSR count). The Hall–Kier alpha value is -1.84. The molecule has 5 heteroatoms. The summed E-state index contributed by atoms with van der Waals surface area (Å²) < 4.78 is 0. The van der Waals surface area contributed by atoms with Crippen molar-refractivity contribution in [2.24, 2.45) is 0 Å². The quantitative estimate of drug-likeness (QED) is 0.690. The van der Waals surface area contributed by atoms with Gasteiger partial charge in [-0.25, -0.2) is 0 Å². The monoisotopic (exact) mass is 292 g/mol. The molecule has 0 bridgehead atoms. The number of hydrogen-bond acceptors (Lipinski definition) is 3. The predicted molar refractivity (Wildman–Crippen MR) is 71.4 cm³/mol. The van der Waals surface area contributed by atoms with Crippen LogP contribution in [0.5, 0.6) is 5.75 Å². The number of benzene rings is 2. The second-order valence-electron chi connectivity index (χ2n) is 4.14. The SMILES string of the molecule is O=C1c2cccc(O)c2C(=O)c2c(Cl)ccc(Cl)c21. The van der Waals surface area contributed by atoms with Gasteiger partial charge in [0.05, 0.1) is 26.7 Å². The average Bonchev–Trinajstić information content (AvgIpc) is 2.38. The summed E-state index contributed by atoms with van der Waals surface area (Å²) in [5, 5.41) is 10.1. The van der Waals surface area contributed by atoms with E-state index in [1.165, 1.54) is 30.3 Å². The molecule has 3 nitrogen and oxygen atoms in total. The van der Waals surface area contributed by atoms with Gasteiger partial charge in [0.15, 0.2) is 11.6 Å². The van der Waals surface area contributed by atoms with E-state index in [9.17, 15) is 14.7 Å². The summed E-state index contributed by atoms with van der Waals surface area (Å²) >= 11 is 12.0. The molecule has 0 aromatic heterocycles. The van der Waals surface area contributed by atoms with E-state index in [0.29, 0.717) is 0 Å². The van der Waals surface area contributed by atoms with Crippen molar-refractivity contribution in [1.82, 2.24) is 0 Å². The molecular formula is C14H6Cl2O3. The molecule has 0 amide bonds. The maximum Gasteiger partial charge on any atom is 0.199 e. The van der Waals surface area contributed by atoms with Crippen molar-refractivity contribution in [2.75, 3.05) is 0 Å². The topological polar surface area (TPSA) is 54.4 Å². The number of rotatable bonds is 0. The molecule has 0 saturated carbocycles. The van der Waals surface area contributed by atoms with Crippen LogP contribution in [0.1, 0.15) is 31.8 Å². The van der Waals surface area contributed by atoms with Crippen LogP contribution < -0.4 is 0 Å². The second-order valence-corrected chi connectivity index (χ2v) is 4.95. The fourth-order valence-electron chi connectivity index (χ4n) is 2.22. The Balaban J connectivity index is 2.43. The van der Waals surface area contributed by atoms with Crippen molar-refractivity contribution in [3.63, 3.8) is 0 Å². The summed E-state index contributed by atoms with van der Waals surface area (Å²) in [5.74, 6) is -1.14. The fraction of sp³-hybridized carbons (Fsp3) is 0. The summed E-state index contributed by atoms with van der Waals surface area (Å²) in [5.41, 5.74) is 0.260. The van der Waals surface area contributed by atoms with Crippen LogP contribution >= 0.6 is 23.2 Å². The zero-order valence-electron chi connectivity index (χ0n) is 9.41. The number of ketones is 2. The van der Waals surface area contributed by atoms with Gasteiger partial charge in [-0.3, -0.25) is 9.59 Å². The van der Waals surface area contributed by atoms with Gasteiger partial charge in [0.1, 0.15) is 5.75 Å². The molecule has 1 N–H and O–H groups in total. The highest BCUT2D eigenvalue weighted by Crippen LogP contribution is 2.38. The molecule has 0 spiro atoms. The van der Waals surface area contributed by atoms with Crippen LogP contribution in [0, 0.1) is 0 Å². The number of aromatic hydroxyl groups is 1. The third kappa shape index (κ3) is 1.59. The Labute approximate surface area is 118 Å². The molecule has 0 saturated heterocycles. The van der Waals surface area contributed by atoms with Gasteiger partial charge in [-0.15, -0.1) is 0 Å². The molecule has 0 aliphatic heterocycles. The molecule has 2 aromatic carbocycles. The predicted octanol–water partition coefficient (Wildman–Crippen LogP) is 3.47. The number of phenolic OH excluding ortho intramolecular Hbond substituents is 1. The largest absolute Gasteiger partial charge is 0.507 e. The number of carbonyl (C=O) groups is 2. The first-order valence-electron chi connectivity index (χ1n) is 5.41. The first-order valence-corrected chi connectivity index (χ1v) is 6.17. The van der Waals surface area contributed by atoms with Gasteiger partial charge in [0.25, 0.3) is 0 Å². The van der Waals surface area contributed by atoms with Gasteiger partial charge in [-0.05, 0) is 18.2 Å². The van der Waals surface area contributed by atoms with E-state index in [4.69, 9.17) is 23.2 Å². The molecule has 0 unspecified atom stereocenters. The molecule has 1 aliphatic rings. The molecule has 2 aromatic rings. The highest BCUT2D eigenvalue weighted by atomic mass is 35.5. The van der Waals surface area contributed by atoms with Crippen molar-refractivity contribution in [2.45, 2.75) is 0 Å². The number of hydrogen-bond donors (Lipinski definition) is 1. The first-order chi connectivity index (χ1) is 9.02. The van der Waals surface area contributed by atoms with Crippen LogP contribution in [0.15, 0.2) is 30.3 Å². The minimum Gasteiger partial charge on any atom is -0.507 e. The zero-order valence-corrected chi connectivity index (χ0v) is 10.9. The van der Waals surface area contributed by atoms with Gasteiger partial charge >= 0.3 is 0 Å². The molecule has 0 radical (unpaired) electrons. The van der Waals surface area contributed by atoms with Gasteiger partial charge in [0.2, 0.25) is 0 Å². The standard InChI is InChI=1S/C14H6Cl2O3/c15-7-4-5-8(16)12-11(7)13(18)6-2-1-3-9(17)10(6)14(12)19/h1-5,17H. The van der Waals surface area contributed by atoms with Crippen molar-refractivity contribution >= 4 is 34.8 Å². The van der Waals surface area contributed by atoms with Gasteiger partial charge in [-0.1, -0.05) is 35.3 Å². The minimum absolute atomic E-state index is 0.0239. The smallest absolute Gasteiger partial charge is 0.199 e. The molecule has 0 atom stereocenters. The van der Waals surface area contributed by atoms with E-state index >= 15 is 0 Å². The van der Waals surface area contributed by atoms with E-state index in [0.717, 1.165) is 0 Å². The van der Waals surface area contributed by atoms with Crippen molar-refractivity contribution < 1.29 is 14.7 Å². The molecule has 0 heterocycles. The van der Waals surface area contributed by atoms with Crippen LogP contribution in [-0.4, -0.2) is 16.7 Å². The summed E-state index contributed by atoms with van der Waals surface area (Å²) in [7, 11) is 0. The first kappa shape index (κ1) is 12.2. The minimum atomic E-state index is -0.491. The Bertz CT molecular complexity index is 751. The maximum atomic E-state index is 12.4. The van der Waals surface area contributed by atoms with Crippen molar-refractivity contribution in [3.05, 3.63) is 62.6 Å². The number of carbonyl (C=O) groups excluding carboxylic acids is 2. The van der Waals surface area contributed by atoms with Crippen LogP contribution in [-0.2, 0) is 0 Å². The third-order valence-corrected chi connectivity index (χ3v) is 3.70. The average molecular weight is 293 g/mol. The molecular weight excluding hydrogens is 287 g/mol. The Morgan fingerprint density at radius 1 is 0.789 bits per heavy atom. The Morgan fingerprint density at radius 2 is 1.37 bits per heavy atom. The van der Waals surface area contributed by atoms with E-state index < -0.39 is 11.6 Å². The van der Waals surface area contributed by atoms with E-state index in [-0.39, 0.29) is 38.0 Å². The lowest BCUT2D eigenvalue weighted by atomic mass is 9.83. The fourth-order valence-corrected chi connectivity index (χ4v) is 2.71. The summed E-state index contributed by atoms with van der Waals surface area (Å²) in [4.78, 5) is 24.8. The van der Waals surface area contributed by atoms with Gasteiger partial charge in [-0.2, -0.15) is 0 Å². The number of phenols is 1. The van der Waals surface area contributed by atoms with Crippen LogP contribution in [0.25, 0.3) is 0 Å². The molecule has 19 heavy (non-hydrogen) atoms. The number of fused-ring (bicyclic) bond motifs is 2. The summed E-state index contributed by atoms with van der Waals surface area (Å²) in [6.45, 7) is 0. The summed E-state index contributed by atoms with van der Waals surface area (Å²) in [6.07, 6.45) is 0. The lowest BCUT2D eigenvalue weighted by Gasteiger charge is -2.19. The van der Waals surface area contributed by atoms with E-state index in [1.807, 2.05) is 0 Å².